The molecular formula is C26H29NO3. The Morgan fingerprint density at radius 1 is 0.967 bits per heavy atom. The third-order valence-electron chi connectivity index (χ3n) is 5.34. The van der Waals surface area contributed by atoms with Crippen molar-refractivity contribution in [1.29, 1.82) is 0 Å². The van der Waals surface area contributed by atoms with Crippen molar-refractivity contribution in [2.45, 2.75) is 40.3 Å². The van der Waals surface area contributed by atoms with Crippen LogP contribution in [0, 0.1) is 20.8 Å². The van der Waals surface area contributed by atoms with E-state index in [2.05, 4.69) is 32.2 Å². The number of carbonyl (C=O) groups excluding carboxylic acids is 1. The molecule has 156 valence electrons. The third kappa shape index (κ3) is 5.01. The van der Waals surface area contributed by atoms with Gasteiger partial charge < -0.3 is 14.8 Å². The molecule has 0 saturated heterocycles. The molecule has 1 atom stereocenters. The maximum Gasteiger partial charge on any atom is 0.251 e. The van der Waals surface area contributed by atoms with Crippen molar-refractivity contribution < 1.29 is 14.3 Å². The number of rotatable bonds is 7. The molecule has 4 heteroatoms. The highest BCUT2D eigenvalue weighted by molar-refractivity contribution is 5.94. The summed E-state index contributed by atoms with van der Waals surface area (Å²) in [6, 6.07) is 19.4. The minimum absolute atomic E-state index is 0.0848. The van der Waals surface area contributed by atoms with Crippen LogP contribution in [0.1, 0.15) is 51.1 Å². The van der Waals surface area contributed by atoms with E-state index < -0.39 is 0 Å². The highest BCUT2D eigenvalue weighted by Crippen LogP contribution is 2.27. The molecule has 3 aromatic carbocycles. The zero-order valence-corrected chi connectivity index (χ0v) is 18.3. The molecule has 4 nitrogen and oxygen atoms in total. The van der Waals surface area contributed by atoms with Crippen molar-refractivity contribution in [1.82, 2.24) is 5.32 Å². The number of nitrogens with one attached hydrogen (secondary N) is 1. The lowest BCUT2D eigenvalue weighted by atomic mass is 10.1. The molecule has 0 unspecified atom stereocenters. The first-order valence-electron chi connectivity index (χ1n) is 10.1. The summed E-state index contributed by atoms with van der Waals surface area (Å²) in [7, 11) is 1.62. The van der Waals surface area contributed by atoms with Crippen LogP contribution >= 0.6 is 0 Å². The van der Waals surface area contributed by atoms with Crippen molar-refractivity contribution in [2.24, 2.45) is 0 Å². The summed E-state index contributed by atoms with van der Waals surface area (Å²) in [5.74, 6) is 1.42. The van der Waals surface area contributed by atoms with Gasteiger partial charge in [0, 0.05) is 11.1 Å². The molecule has 0 aromatic heterocycles. The van der Waals surface area contributed by atoms with Gasteiger partial charge >= 0.3 is 0 Å². The summed E-state index contributed by atoms with van der Waals surface area (Å²) in [6.07, 6.45) is 0. The normalized spacial score (nSPS) is 11.6. The van der Waals surface area contributed by atoms with Crippen molar-refractivity contribution in [3.05, 3.63) is 94.0 Å². The Kier molecular flexibility index (Phi) is 6.78. The maximum atomic E-state index is 12.8. The van der Waals surface area contributed by atoms with Gasteiger partial charge in [0.15, 0.2) is 0 Å². The van der Waals surface area contributed by atoms with Crippen molar-refractivity contribution in [2.75, 3.05) is 7.11 Å². The van der Waals surface area contributed by atoms with E-state index in [0.29, 0.717) is 17.9 Å². The Morgan fingerprint density at radius 2 is 1.70 bits per heavy atom. The number of benzene rings is 3. The number of carbonyl (C=O) groups is 1. The van der Waals surface area contributed by atoms with E-state index in [4.69, 9.17) is 9.47 Å². The summed E-state index contributed by atoms with van der Waals surface area (Å²) in [6.45, 7) is 8.48. The minimum Gasteiger partial charge on any atom is -0.496 e. The van der Waals surface area contributed by atoms with E-state index in [9.17, 15) is 4.79 Å². The second kappa shape index (κ2) is 9.49. The van der Waals surface area contributed by atoms with E-state index >= 15 is 0 Å². The average Bonchev–Trinajstić information content (AvgIpc) is 2.75. The van der Waals surface area contributed by atoms with Crippen LogP contribution in [0.3, 0.4) is 0 Å². The lowest BCUT2D eigenvalue weighted by Crippen LogP contribution is -2.26. The zero-order chi connectivity index (χ0) is 21.7. The van der Waals surface area contributed by atoms with Crippen LogP contribution in [0.4, 0.5) is 0 Å². The van der Waals surface area contributed by atoms with Crippen LogP contribution in [0.2, 0.25) is 0 Å². The van der Waals surface area contributed by atoms with Crippen LogP contribution in [0.5, 0.6) is 11.5 Å². The Morgan fingerprint density at radius 3 is 2.40 bits per heavy atom. The van der Waals surface area contributed by atoms with E-state index in [1.165, 1.54) is 5.56 Å². The van der Waals surface area contributed by atoms with Crippen molar-refractivity contribution >= 4 is 5.91 Å². The number of amides is 1. The number of aryl methyl sites for hydroxylation is 2. The molecule has 3 aromatic rings. The van der Waals surface area contributed by atoms with Crippen LogP contribution < -0.4 is 14.8 Å². The predicted octanol–water partition coefficient (Wildman–Crippen LogP) is 5.69. The monoisotopic (exact) mass is 403 g/mol. The van der Waals surface area contributed by atoms with Crippen LogP contribution in [0.15, 0.2) is 60.7 Å². The van der Waals surface area contributed by atoms with Gasteiger partial charge in [-0.3, -0.25) is 4.79 Å². The summed E-state index contributed by atoms with van der Waals surface area (Å²) in [5, 5.41) is 3.05. The van der Waals surface area contributed by atoms with Gasteiger partial charge in [0.2, 0.25) is 0 Å². The highest BCUT2D eigenvalue weighted by Gasteiger charge is 2.15. The molecule has 0 aliphatic heterocycles. The van der Waals surface area contributed by atoms with Crippen LogP contribution in [0.25, 0.3) is 0 Å². The summed E-state index contributed by atoms with van der Waals surface area (Å²) < 4.78 is 11.6. The van der Waals surface area contributed by atoms with Gasteiger partial charge in [0.25, 0.3) is 5.91 Å². The first-order chi connectivity index (χ1) is 14.4. The van der Waals surface area contributed by atoms with Gasteiger partial charge in [0.1, 0.15) is 18.1 Å². The van der Waals surface area contributed by atoms with Crippen molar-refractivity contribution in [3.8, 4) is 11.5 Å². The Labute approximate surface area is 178 Å². The number of ether oxygens (including phenoxy) is 2. The van der Waals surface area contributed by atoms with Crippen LogP contribution in [-0.4, -0.2) is 13.0 Å². The lowest BCUT2D eigenvalue weighted by molar-refractivity contribution is 0.0939. The molecule has 0 heterocycles. The average molecular weight is 404 g/mol. The highest BCUT2D eigenvalue weighted by atomic mass is 16.5. The fourth-order valence-electron chi connectivity index (χ4n) is 3.44. The second-order valence-corrected chi connectivity index (χ2v) is 7.63. The molecule has 0 aliphatic carbocycles. The van der Waals surface area contributed by atoms with E-state index in [1.807, 2.05) is 55.5 Å². The van der Waals surface area contributed by atoms with Gasteiger partial charge in [-0.05, 0) is 74.2 Å². The molecule has 0 aliphatic rings. The Balaban J connectivity index is 1.77. The molecule has 3 rings (SSSR count). The van der Waals surface area contributed by atoms with Gasteiger partial charge in [-0.1, -0.05) is 36.4 Å². The van der Waals surface area contributed by atoms with Crippen LogP contribution in [-0.2, 0) is 6.61 Å². The molecule has 0 spiro atoms. The summed E-state index contributed by atoms with van der Waals surface area (Å²) in [5.41, 5.74) is 5.94. The predicted molar refractivity (Wildman–Crippen MR) is 120 cm³/mol. The molecular weight excluding hydrogens is 374 g/mol. The van der Waals surface area contributed by atoms with E-state index in [-0.39, 0.29) is 11.9 Å². The number of hydrogen-bond acceptors (Lipinski definition) is 3. The van der Waals surface area contributed by atoms with Gasteiger partial charge in [-0.15, -0.1) is 0 Å². The quantitative estimate of drug-likeness (QED) is 0.551. The second-order valence-electron chi connectivity index (χ2n) is 7.63. The van der Waals surface area contributed by atoms with Gasteiger partial charge in [-0.25, -0.2) is 0 Å². The first-order valence-corrected chi connectivity index (χ1v) is 10.1. The molecule has 30 heavy (non-hydrogen) atoms. The van der Waals surface area contributed by atoms with E-state index in [1.54, 1.807) is 13.2 Å². The SMILES string of the molecule is COc1ccc(C(=O)N[C@@H](C)c2ccccc2)cc1COc1cc(C)cc(C)c1C. The summed E-state index contributed by atoms with van der Waals surface area (Å²) >= 11 is 0. The van der Waals surface area contributed by atoms with Crippen molar-refractivity contribution in [3.63, 3.8) is 0 Å². The maximum absolute atomic E-state index is 12.8. The standard InChI is InChI=1S/C26H29NO3/c1-17-13-18(2)19(3)25(14-17)30-16-23-15-22(11-12-24(23)29-5)26(28)27-20(4)21-9-7-6-8-10-21/h6-15,20H,16H2,1-5H3,(H,27,28)/t20-/m0/s1. The fourth-order valence-corrected chi connectivity index (χ4v) is 3.44. The molecule has 0 fully saturated rings. The lowest BCUT2D eigenvalue weighted by Gasteiger charge is -2.17. The third-order valence-corrected chi connectivity index (χ3v) is 5.34. The van der Waals surface area contributed by atoms with E-state index in [0.717, 1.165) is 28.0 Å². The molecule has 0 radical (unpaired) electrons. The molecule has 0 bridgehead atoms. The first kappa shape index (κ1) is 21.4. The molecule has 0 saturated carbocycles. The smallest absolute Gasteiger partial charge is 0.251 e. The minimum atomic E-state index is -0.127. The van der Waals surface area contributed by atoms with Gasteiger partial charge in [-0.2, -0.15) is 0 Å². The Hall–Kier alpha value is -3.27. The topological polar surface area (TPSA) is 47.6 Å². The van der Waals surface area contributed by atoms with Gasteiger partial charge in [0.05, 0.1) is 13.2 Å². The summed E-state index contributed by atoms with van der Waals surface area (Å²) in [4.78, 5) is 12.8. The molecule has 1 N–H and O–H groups in total. The Bertz CT molecular complexity index is 1030. The zero-order valence-electron chi connectivity index (χ0n) is 18.3. The number of hydrogen-bond donors (Lipinski definition) is 1. The largest absolute Gasteiger partial charge is 0.496 e. The number of methoxy groups -OCH3 is 1. The molecule has 1 amide bonds. The fraction of sp³-hybridized carbons (Fsp3) is 0.269.